The van der Waals surface area contributed by atoms with Gasteiger partial charge in [-0.2, -0.15) is 5.10 Å². The summed E-state index contributed by atoms with van der Waals surface area (Å²) in [5.74, 6) is 0.868. The molecule has 0 bridgehead atoms. The summed E-state index contributed by atoms with van der Waals surface area (Å²) < 4.78 is 0. The third-order valence-electron chi connectivity index (χ3n) is 2.24. The molecule has 1 aliphatic rings. The minimum atomic E-state index is 0.106. The first-order chi connectivity index (χ1) is 5.66. The topological polar surface area (TPSA) is 48.2 Å². The lowest BCUT2D eigenvalue weighted by atomic mass is 9.91. The third-order valence-corrected chi connectivity index (χ3v) is 2.24. The Morgan fingerprint density at radius 2 is 2.33 bits per heavy atom. The van der Waals surface area contributed by atoms with E-state index < -0.39 is 0 Å². The van der Waals surface area contributed by atoms with Crippen LogP contribution in [0.2, 0.25) is 0 Å². The fourth-order valence-corrected chi connectivity index (χ4v) is 1.43. The van der Waals surface area contributed by atoms with E-state index >= 15 is 0 Å². The molecular formula is C8H15N3O. The molecule has 0 aromatic carbocycles. The highest BCUT2D eigenvalue weighted by atomic mass is 16.4. The Morgan fingerprint density at radius 3 is 2.83 bits per heavy atom. The van der Waals surface area contributed by atoms with Crippen LogP contribution in [0.3, 0.4) is 0 Å². The van der Waals surface area contributed by atoms with Gasteiger partial charge in [-0.3, -0.25) is 5.01 Å². The fraction of sp³-hybridized carbons (Fsp3) is 0.750. The lowest BCUT2D eigenvalue weighted by Gasteiger charge is -2.22. The van der Waals surface area contributed by atoms with E-state index in [0.29, 0.717) is 11.8 Å². The van der Waals surface area contributed by atoms with Crippen LogP contribution in [0.1, 0.15) is 13.8 Å². The molecule has 1 rings (SSSR count). The van der Waals surface area contributed by atoms with Gasteiger partial charge in [-0.25, -0.2) is 0 Å². The first kappa shape index (κ1) is 9.03. The second-order valence-electron chi connectivity index (χ2n) is 3.41. The van der Waals surface area contributed by atoms with Crippen molar-refractivity contribution in [1.82, 2.24) is 5.01 Å². The molecule has 4 heteroatoms. The maximum atomic E-state index is 8.43. The predicted molar refractivity (Wildman–Crippen MR) is 48.6 cm³/mol. The molecule has 12 heavy (non-hydrogen) atoms. The van der Waals surface area contributed by atoms with Gasteiger partial charge >= 0.3 is 0 Å². The Morgan fingerprint density at radius 1 is 1.67 bits per heavy atom. The van der Waals surface area contributed by atoms with Gasteiger partial charge in [0, 0.05) is 19.2 Å². The zero-order chi connectivity index (χ0) is 9.14. The molecule has 0 aliphatic carbocycles. The standard InChI is InChI=1S/C8H15N3O/c1-6(2)7-4-9-11(3)8(7)5-10-12/h4-8,12H,1-3H3. The highest BCUT2D eigenvalue weighted by molar-refractivity contribution is 5.76. The van der Waals surface area contributed by atoms with Gasteiger partial charge in [0.2, 0.25) is 0 Å². The molecule has 68 valence electrons. The number of rotatable bonds is 2. The zero-order valence-electron chi connectivity index (χ0n) is 7.68. The summed E-state index contributed by atoms with van der Waals surface area (Å²) in [6.45, 7) is 4.27. The molecule has 0 radical (unpaired) electrons. The second-order valence-corrected chi connectivity index (χ2v) is 3.41. The average molecular weight is 169 g/mol. The average Bonchev–Trinajstić information content (AvgIpc) is 2.34. The Labute approximate surface area is 72.6 Å². The molecule has 0 aromatic rings. The SMILES string of the molecule is CC(C)C1C=NN(C)C1C=NO. The molecular weight excluding hydrogens is 154 g/mol. The Kier molecular flexibility index (Phi) is 2.68. The van der Waals surface area contributed by atoms with Crippen molar-refractivity contribution < 1.29 is 5.21 Å². The van der Waals surface area contributed by atoms with Gasteiger partial charge < -0.3 is 5.21 Å². The Balaban J connectivity index is 2.69. The highest BCUT2D eigenvalue weighted by Crippen LogP contribution is 2.21. The van der Waals surface area contributed by atoms with Crippen molar-refractivity contribution >= 4 is 12.4 Å². The molecule has 2 atom stereocenters. The van der Waals surface area contributed by atoms with E-state index in [1.807, 2.05) is 18.3 Å². The van der Waals surface area contributed by atoms with Crippen LogP contribution in [0, 0.1) is 11.8 Å². The molecule has 0 fully saturated rings. The van der Waals surface area contributed by atoms with Crippen molar-refractivity contribution in [2.45, 2.75) is 19.9 Å². The van der Waals surface area contributed by atoms with Crippen LogP contribution in [-0.2, 0) is 0 Å². The fourth-order valence-electron chi connectivity index (χ4n) is 1.43. The maximum absolute atomic E-state index is 8.43. The number of hydrogen-bond acceptors (Lipinski definition) is 4. The first-order valence-electron chi connectivity index (χ1n) is 4.11. The Hall–Kier alpha value is -1.06. The maximum Gasteiger partial charge on any atom is 0.0931 e. The van der Waals surface area contributed by atoms with Crippen LogP contribution in [-0.4, -0.2) is 35.7 Å². The number of hydrazone groups is 1. The van der Waals surface area contributed by atoms with Gasteiger partial charge in [-0.1, -0.05) is 19.0 Å². The van der Waals surface area contributed by atoms with Crippen LogP contribution in [0.4, 0.5) is 0 Å². The summed E-state index contributed by atoms with van der Waals surface area (Å²) in [5.41, 5.74) is 0. The number of nitrogens with zero attached hydrogens (tertiary/aromatic N) is 3. The second kappa shape index (κ2) is 3.56. The lowest BCUT2D eigenvalue weighted by Crippen LogP contribution is -2.33. The Bertz CT molecular complexity index is 200. The molecule has 0 aromatic heterocycles. The highest BCUT2D eigenvalue weighted by Gasteiger charge is 2.29. The molecule has 0 amide bonds. The van der Waals surface area contributed by atoms with E-state index in [-0.39, 0.29) is 6.04 Å². The minimum Gasteiger partial charge on any atom is -0.411 e. The van der Waals surface area contributed by atoms with Crippen molar-refractivity contribution in [1.29, 1.82) is 0 Å². The van der Waals surface area contributed by atoms with E-state index in [9.17, 15) is 0 Å². The van der Waals surface area contributed by atoms with Gasteiger partial charge in [-0.15, -0.1) is 0 Å². The number of oxime groups is 1. The molecule has 1 N–H and O–H groups in total. The summed E-state index contributed by atoms with van der Waals surface area (Å²) in [4.78, 5) is 0. The monoisotopic (exact) mass is 169 g/mol. The van der Waals surface area contributed by atoms with Gasteiger partial charge in [0.1, 0.15) is 0 Å². The predicted octanol–water partition coefficient (Wildman–Crippen LogP) is 1.02. The molecule has 0 spiro atoms. The molecule has 2 unspecified atom stereocenters. The molecule has 4 nitrogen and oxygen atoms in total. The van der Waals surface area contributed by atoms with Crippen LogP contribution in [0.15, 0.2) is 10.3 Å². The van der Waals surface area contributed by atoms with Gasteiger partial charge in [-0.05, 0) is 5.92 Å². The number of hydrogen-bond donors (Lipinski definition) is 1. The van der Waals surface area contributed by atoms with Crippen molar-refractivity contribution in [2.75, 3.05) is 7.05 Å². The van der Waals surface area contributed by atoms with E-state index in [0.717, 1.165) is 0 Å². The van der Waals surface area contributed by atoms with Crippen molar-refractivity contribution in [2.24, 2.45) is 22.1 Å². The molecule has 0 saturated heterocycles. The van der Waals surface area contributed by atoms with Crippen molar-refractivity contribution in [3.8, 4) is 0 Å². The lowest BCUT2D eigenvalue weighted by molar-refractivity contribution is 0.269. The minimum absolute atomic E-state index is 0.106. The van der Waals surface area contributed by atoms with Crippen LogP contribution in [0.25, 0.3) is 0 Å². The summed E-state index contributed by atoms with van der Waals surface area (Å²) in [5, 5.41) is 17.4. The zero-order valence-corrected chi connectivity index (χ0v) is 7.68. The molecule has 1 heterocycles. The summed E-state index contributed by atoms with van der Waals surface area (Å²) in [6.07, 6.45) is 3.44. The smallest absolute Gasteiger partial charge is 0.0931 e. The summed E-state index contributed by atoms with van der Waals surface area (Å²) in [6, 6.07) is 0.106. The molecule has 1 aliphatic heterocycles. The largest absolute Gasteiger partial charge is 0.411 e. The van der Waals surface area contributed by atoms with E-state index in [4.69, 9.17) is 5.21 Å². The van der Waals surface area contributed by atoms with Gasteiger partial charge in [0.05, 0.1) is 12.3 Å². The summed E-state index contributed by atoms with van der Waals surface area (Å²) >= 11 is 0. The van der Waals surface area contributed by atoms with E-state index in [1.54, 1.807) is 0 Å². The van der Waals surface area contributed by atoms with Gasteiger partial charge in [0.15, 0.2) is 0 Å². The van der Waals surface area contributed by atoms with Crippen LogP contribution >= 0.6 is 0 Å². The van der Waals surface area contributed by atoms with Crippen molar-refractivity contribution in [3.05, 3.63) is 0 Å². The summed E-state index contributed by atoms with van der Waals surface area (Å²) in [7, 11) is 1.88. The third kappa shape index (κ3) is 1.57. The van der Waals surface area contributed by atoms with Crippen molar-refractivity contribution in [3.63, 3.8) is 0 Å². The van der Waals surface area contributed by atoms with Gasteiger partial charge in [0.25, 0.3) is 0 Å². The molecule has 0 saturated carbocycles. The normalized spacial score (nSPS) is 29.5. The van der Waals surface area contributed by atoms with E-state index in [2.05, 4.69) is 24.1 Å². The quantitative estimate of drug-likeness (QED) is 0.381. The van der Waals surface area contributed by atoms with Crippen LogP contribution in [0.5, 0.6) is 0 Å². The van der Waals surface area contributed by atoms with E-state index in [1.165, 1.54) is 6.21 Å². The first-order valence-corrected chi connectivity index (χ1v) is 4.11. The van der Waals surface area contributed by atoms with Crippen LogP contribution < -0.4 is 0 Å².